The highest BCUT2D eigenvalue weighted by Crippen LogP contribution is 2.37. The standard InChI is InChI=1S/C21H28N2O/c1-21(2,3)17-10-9-15-13-23(19(12-22)18(15)11-17)14-16-7-5-6-8-20(16)24-4/h5-11,19H,12-14,22H2,1-4H3. The molecule has 0 saturated carbocycles. The van der Waals surface area contributed by atoms with Crippen LogP contribution < -0.4 is 10.5 Å². The highest BCUT2D eigenvalue weighted by molar-refractivity contribution is 5.41. The lowest BCUT2D eigenvalue weighted by Crippen LogP contribution is -2.27. The number of ether oxygens (including phenoxy) is 1. The molecule has 24 heavy (non-hydrogen) atoms. The van der Waals surface area contributed by atoms with Crippen LogP contribution in [0.4, 0.5) is 0 Å². The lowest BCUT2D eigenvalue weighted by molar-refractivity contribution is 0.208. The first-order valence-corrected chi connectivity index (χ1v) is 8.63. The first-order valence-electron chi connectivity index (χ1n) is 8.63. The van der Waals surface area contributed by atoms with Crippen molar-refractivity contribution in [3.05, 3.63) is 64.7 Å². The van der Waals surface area contributed by atoms with Crippen molar-refractivity contribution in [3.8, 4) is 5.75 Å². The molecular weight excluding hydrogens is 296 g/mol. The van der Waals surface area contributed by atoms with Gasteiger partial charge >= 0.3 is 0 Å². The zero-order chi connectivity index (χ0) is 17.3. The van der Waals surface area contributed by atoms with E-state index in [-0.39, 0.29) is 11.5 Å². The smallest absolute Gasteiger partial charge is 0.123 e. The minimum atomic E-state index is 0.157. The molecule has 0 spiro atoms. The Balaban J connectivity index is 1.89. The van der Waals surface area contributed by atoms with Gasteiger partial charge in [-0.05, 0) is 28.2 Å². The van der Waals surface area contributed by atoms with Gasteiger partial charge in [0.2, 0.25) is 0 Å². The van der Waals surface area contributed by atoms with Gasteiger partial charge in [0.15, 0.2) is 0 Å². The van der Waals surface area contributed by atoms with Crippen molar-refractivity contribution < 1.29 is 4.74 Å². The maximum Gasteiger partial charge on any atom is 0.123 e. The normalized spacial score (nSPS) is 17.8. The SMILES string of the molecule is COc1ccccc1CN1Cc2ccc(C(C)(C)C)cc2C1CN. The molecule has 0 bridgehead atoms. The summed E-state index contributed by atoms with van der Waals surface area (Å²) < 4.78 is 5.51. The summed E-state index contributed by atoms with van der Waals surface area (Å²) in [6.45, 7) is 9.20. The van der Waals surface area contributed by atoms with Gasteiger partial charge in [0.05, 0.1) is 7.11 Å². The van der Waals surface area contributed by atoms with Crippen LogP contribution in [0, 0.1) is 0 Å². The molecule has 1 unspecified atom stereocenters. The van der Waals surface area contributed by atoms with E-state index in [1.165, 1.54) is 22.3 Å². The fourth-order valence-corrected chi connectivity index (χ4v) is 3.54. The molecule has 0 fully saturated rings. The van der Waals surface area contributed by atoms with Crippen molar-refractivity contribution in [1.29, 1.82) is 0 Å². The Morgan fingerprint density at radius 1 is 1.17 bits per heavy atom. The van der Waals surface area contributed by atoms with Gasteiger partial charge in [-0.1, -0.05) is 57.2 Å². The Bertz CT molecular complexity index is 718. The zero-order valence-electron chi connectivity index (χ0n) is 15.2. The summed E-state index contributed by atoms with van der Waals surface area (Å²) in [5.74, 6) is 0.944. The molecule has 2 aromatic rings. The molecule has 0 amide bonds. The minimum absolute atomic E-state index is 0.157. The molecule has 2 aromatic carbocycles. The third-order valence-corrected chi connectivity index (χ3v) is 4.97. The molecule has 3 heteroatoms. The predicted molar refractivity (Wildman–Crippen MR) is 99.2 cm³/mol. The van der Waals surface area contributed by atoms with Gasteiger partial charge in [-0.3, -0.25) is 4.90 Å². The Kier molecular flexibility index (Phi) is 4.66. The lowest BCUT2D eigenvalue weighted by atomic mass is 9.85. The summed E-state index contributed by atoms with van der Waals surface area (Å²) in [7, 11) is 1.73. The summed E-state index contributed by atoms with van der Waals surface area (Å²) in [5.41, 5.74) is 11.7. The molecular formula is C21H28N2O. The Morgan fingerprint density at radius 3 is 2.58 bits per heavy atom. The molecule has 0 aliphatic carbocycles. The lowest BCUT2D eigenvalue weighted by Gasteiger charge is -2.25. The van der Waals surface area contributed by atoms with Crippen LogP contribution in [-0.2, 0) is 18.5 Å². The van der Waals surface area contributed by atoms with Crippen LogP contribution >= 0.6 is 0 Å². The van der Waals surface area contributed by atoms with Crippen molar-refractivity contribution in [2.45, 2.75) is 45.3 Å². The van der Waals surface area contributed by atoms with E-state index in [1.54, 1.807) is 7.11 Å². The van der Waals surface area contributed by atoms with Crippen molar-refractivity contribution in [2.75, 3.05) is 13.7 Å². The summed E-state index contributed by atoms with van der Waals surface area (Å²) in [6.07, 6.45) is 0. The molecule has 1 aliphatic heterocycles. The van der Waals surface area contributed by atoms with Crippen LogP contribution in [0.5, 0.6) is 5.75 Å². The van der Waals surface area contributed by atoms with Gasteiger partial charge in [0, 0.05) is 31.2 Å². The molecule has 1 aliphatic rings. The first-order chi connectivity index (χ1) is 11.4. The maximum absolute atomic E-state index is 6.15. The molecule has 0 radical (unpaired) electrons. The second-order valence-corrected chi connectivity index (χ2v) is 7.63. The number of para-hydroxylation sites is 1. The molecule has 3 nitrogen and oxygen atoms in total. The highest BCUT2D eigenvalue weighted by Gasteiger charge is 2.30. The van der Waals surface area contributed by atoms with E-state index in [1.807, 2.05) is 12.1 Å². The second kappa shape index (κ2) is 6.58. The van der Waals surface area contributed by atoms with E-state index >= 15 is 0 Å². The molecule has 128 valence electrons. The third kappa shape index (κ3) is 3.19. The number of benzene rings is 2. The number of hydrogen-bond donors (Lipinski definition) is 1. The van der Waals surface area contributed by atoms with Crippen LogP contribution in [0.15, 0.2) is 42.5 Å². The maximum atomic E-state index is 6.15. The Hall–Kier alpha value is -1.84. The fourth-order valence-electron chi connectivity index (χ4n) is 3.54. The largest absolute Gasteiger partial charge is 0.496 e. The Labute approximate surface area is 145 Å². The van der Waals surface area contributed by atoms with Crippen LogP contribution in [0.3, 0.4) is 0 Å². The highest BCUT2D eigenvalue weighted by atomic mass is 16.5. The fraction of sp³-hybridized carbons (Fsp3) is 0.429. The first kappa shape index (κ1) is 17.0. The predicted octanol–water partition coefficient (Wildman–Crippen LogP) is 4.01. The number of hydrogen-bond acceptors (Lipinski definition) is 3. The number of nitrogens with zero attached hydrogens (tertiary/aromatic N) is 1. The minimum Gasteiger partial charge on any atom is -0.496 e. The van der Waals surface area contributed by atoms with E-state index < -0.39 is 0 Å². The molecule has 3 rings (SSSR count). The monoisotopic (exact) mass is 324 g/mol. The summed E-state index contributed by atoms with van der Waals surface area (Å²) in [5, 5.41) is 0. The van der Waals surface area contributed by atoms with Crippen LogP contribution in [0.25, 0.3) is 0 Å². The van der Waals surface area contributed by atoms with Gasteiger partial charge in [-0.25, -0.2) is 0 Å². The van der Waals surface area contributed by atoms with Gasteiger partial charge in [0.1, 0.15) is 5.75 Å². The van der Waals surface area contributed by atoms with E-state index in [0.717, 1.165) is 18.8 Å². The number of fused-ring (bicyclic) bond motifs is 1. The van der Waals surface area contributed by atoms with Crippen molar-refractivity contribution in [1.82, 2.24) is 4.90 Å². The van der Waals surface area contributed by atoms with E-state index in [0.29, 0.717) is 6.54 Å². The number of rotatable bonds is 4. The quantitative estimate of drug-likeness (QED) is 0.923. The average Bonchev–Trinajstić information content (AvgIpc) is 2.90. The third-order valence-electron chi connectivity index (χ3n) is 4.97. The topological polar surface area (TPSA) is 38.5 Å². The summed E-state index contributed by atoms with van der Waals surface area (Å²) in [4.78, 5) is 2.45. The van der Waals surface area contributed by atoms with E-state index in [4.69, 9.17) is 10.5 Å². The molecule has 1 heterocycles. The number of nitrogens with two attached hydrogens (primary N) is 1. The summed E-state index contributed by atoms with van der Waals surface area (Å²) >= 11 is 0. The average molecular weight is 324 g/mol. The van der Waals surface area contributed by atoms with Gasteiger partial charge < -0.3 is 10.5 Å². The second-order valence-electron chi connectivity index (χ2n) is 7.63. The van der Waals surface area contributed by atoms with Gasteiger partial charge in [0.25, 0.3) is 0 Å². The van der Waals surface area contributed by atoms with Crippen molar-refractivity contribution in [2.24, 2.45) is 5.73 Å². The van der Waals surface area contributed by atoms with Crippen LogP contribution in [-0.4, -0.2) is 18.6 Å². The summed E-state index contributed by atoms with van der Waals surface area (Å²) in [6, 6.07) is 15.4. The van der Waals surface area contributed by atoms with Gasteiger partial charge in [-0.15, -0.1) is 0 Å². The molecule has 1 atom stereocenters. The zero-order valence-corrected chi connectivity index (χ0v) is 15.2. The van der Waals surface area contributed by atoms with E-state index in [2.05, 4.69) is 56.0 Å². The van der Waals surface area contributed by atoms with Gasteiger partial charge in [-0.2, -0.15) is 0 Å². The number of methoxy groups -OCH3 is 1. The molecule has 0 saturated heterocycles. The van der Waals surface area contributed by atoms with Crippen LogP contribution in [0.1, 0.15) is 49.1 Å². The molecule has 2 N–H and O–H groups in total. The van der Waals surface area contributed by atoms with E-state index in [9.17, 15) is 0 Å². The van der Waals surface area contributed by atoms with Crippen LogP contribution in [0.2, 0.25) is 0 Å². The van der Waals surface area contributed by atoms with Crippen molar-refractivity contribution in [3.63, 3.8) is 0 Å². The van der Waals surface area contributed by atoms with Crippen molar-refractivity contribution >= 4 is 0 Å². The Morgan fingerprint density at radius 2 is 1.92 bits per heavy atom. The molecule has 0 aromatic heterocycles.